The number of nitrogens with one attached hydrogen (secondary N) is 1. The fourth-order valence-corrected chi connectivity index (χ4v) is 8.69. The van der Waals surface area contributed by atoms with Gasteiger partial charge in [0.25, 0.3) is 23.6 Å². The Balaban J connectivity index is 0.738. The summed E-state index contributed by atoms with van der Waals surface area (Å²) in [4.78, 5) is 82.8. The fourth-order valence-electron chi connectivity index (χ4n) is 8.69. The average Bonchev–Trinajstić information content (AvgIpc) is 3.94. The van der Waals surface area contributed by atoms with Crippen molar-refractivity contribution in [2.24, 2.45) is 0 Å². The molecule has 4 aliphatic rings. The van der Waals surface area contributed by atoms with Gasteiger partial charge in [-0.3, -0.25) is 48.5 Å². The monoisotopic (exact) mass is 851 g/mol. The molecule has 0 saturated carbocycles. The molecule has 1 saturated heterocycles. The molecule has 0 radical (unpaired) electrons. The third kappa shape index (κ3) is 10.7. The minimum absolute atomic E-state index is 0.0361. The highest BCUT2D eigenvalue weighted by Crippen LogP contribution is 2.40. The number of nitrogens with zero attached hydrogens (tertiary/aromatic N) is 4. The molecule has 330 valence electrons. The van der Waals surface area contributed by atoms with E-state index >= 15 is 0 Å². The van der Waals surface area contributed by atoms with Crippen LogP contribution in [0.1, 0.15) is 163 Å². The van der Waals surface area contributed by atoms with Gasteiger partial charge in [-0.15, -0.1) is 0 Å². The number of unbranched alkanes of at least 4 members (excludes halogenated alkanes) is 14. The Morgan fingerprint density at radius 2 is 1.03 bits per heavy atom. The summed E-state index contributed by atoms with van der Waals surface area (Å²) in [6.07, 6.45) is 13.9. The lowest BCUT2D eigenvalue weighted by molar-refractivity contribution is -0.160. The highest BCUT2D eigenvalue weighted by Gasteiger charge is 2.54. The summed E-state index contributed by atoms with van der Waals surface area (Å²) in [6.45, 7) is 0.777. The van der Waals surface area contributed by atoms with Crippen LogP contribution in [0.4, 0.5) is 0 Å². The predicted octanol–water partition coefficient (Wildman–Crippen LogP) is 7.09. The summed E-state index contributed by atoms with van der Waals surface area (Å²) in [5, 5.41) is 7.87. The SMILES string of the molecule is N=c1ccn2c(n1)O[C@@H]1[C@H](OC(=O)CCCCCCCCCCN3C(=O)c4ccccc4C3=O)[C@@H](COC(=O)CCCCCCCCCCN3C(=O)c4ccccc4C3=O)O[C@H]12. The van der Waals surface area contributed by atoms with Gasteiger partial charge >= 0.3 is 17.9 Å². The van der Waals surface area contributed by atoms with Gasteiger partial charge < -0.3 is 18.9 Å². The van der Waals surface area contributed by atoms with Crippen LogP contribution in [0.5, 0.6) is 6.01 Å². The van der Waals surface area contributed by atoms with Gasteiger partial charge in [0.15, 0.2) is 23.9 Å². The van der Waals surface area contributed by atoms with E-state index in [-0.39, 0.29) is 66.5 Å². The van der Waals surface area contributed by atoms with Gasteiger partial charge in [-0.25, -0.2) is 0 Å². The standard InChI is InChI=1S/C47H57N5O10/c48-37-27-30-52-46-41(62-47(52)49-37)40(61-39(54)26-14-10-6-2-4-8-12-20-29-51-44(57)34-23-17-18-24-35(34)45(51)58)36(60-46)31-59-38(53)25-13-9-5-1-3-7-11-19-28-50-42(55)32-21-15-16-22-33(32)43(50)56/h15-18,21-24,27,30,36,40-41,46,48H,1-14,19-20,25-26,28-29,31H2/t36-,40-,41-,46-/m1/s1. The lowest BCUT2D eigenvalue weighted by atomic mass is 10.1. The molecule has 7 rings (SSSR count). The number of hydrogen-bond donors (Lipinski definition) is 1. The number of rotatable bonds is 25. The molecule has 15 heteroatoms. The third-order valence-corrected chi connectivity index (χ3v) is 12.1. The number of imide groups is 2. The molecule has 62 heavy (non-hydrogen) atoms. The molecule has 0 aliphatic carbocycles. The molecule has 0 unspecified atom stereocenters. The Hall–Kier alpha value is -5.70. The van der Waals surface area contributed by atoms with Gasteiger partial charge in [0.1, 0.15) is 12.7 Å². The lowest BCUT2D eigenvalue weighted by Crippen LogP contribution is -2.40. The summed E-state index contributed by atoms with van der Waals surface area (Å²) in [5.74, 6) is -1.56. The summed E-state index contributed by atoms with van der Waals surface area (Å²) in [6, 6.07) is 15.6. The van der Waals surface area contributed by atoms with Gasteiger partial charge in [0.05, 0.1) is 22.3 Å². The molecule has 1 fully saturated rings. The van der Waals surface area contributed by atoms with Crippen molar-refractivity contribution < 1.29 is 47.7 Å². The van der Waals surface area contributed by atoms with Gasteiger partial charge in [0.2, 0.25) is 0 Å². The van der Waals surface area contributed by atoms with Crippen LogP contribution in [0, 0.1) is 5.41 Å². The number of carbonyl (C=O) groups excluding carboxylic acids is 6. The van der Waals surface area contributed by atoms with Gasteiger partial charge in [0, 0.05) is 32.1 Å². The van der Waals surface area contributed by atoms with Crippen LogP contribution in [0.2, 0.25) is 0 Å². The summed E-state index contributed by atoms with van der Waals surface area (Å²) in [5.41, 5.74) is 1.98. The number of esters is 2. The Bertz CT molecular complexity index is 2100. The van der Waals surface area contributed by atoms with Crippen LogP contribution in [0.25, 0.3) is 0 Å². The van der Waals surface area contributed by atoms with Crippen molar-refractivity contribution in [1.29, 1.82) is 5.41 Å². The molecule has 5 heterocycles. The number of fused-ring (bicyclic) bond motifs is 5. The van der Waals surface area contributed by atoms with Crippen molar-refractivity contribution in [3.63, 3.8) is 0 Å². The van der Waals surface area contributed by atoms with Crippen molar-refractivity contribution in [3.8, 4) is 6.01 Å². The van der Waals surface area contributed by atoms with Gasteiger partial charge in [-0.1, -0.05) is 101 Å². The number of ether oxygens (including phenoxy) is 4. The maximum absolute atomic E-state index is 13.1. The predicted molar refractivity (Wildman–Crippen MR) is 224 cm³/mol. The quantitative estimate of drug-likeness (QED) is 0.0521. The third-order valence-electron chi connectivity index (χ3n) is 12.1. The second kappa shape index (κ2) is 21.4. The number of hydrogen-bond acceptors (Lipinski definition) is 12. The van der Waals surface area contributed by atoms with Crippen molar-refractivity contribution in [2.75, 3.05) is 19.7 Å². The van der Waals surface area contributed by atoms with E-state index in [2.05, 4.69) is 4.98 Å². The van der Waals surface area contributed by atoms with Gasteiger partial charge in [-0.2, -0.15) is 4.98 Å². The molecule has 4 atom stereocenters. The van der Waals surface area contributed by atoms with E-state index in [1.807, 2.05) is 0 Å². The van der Waals surface area contributed by atoms with E-state index in [4.69, 9.17) is 24.4 Å². The summed E-state index contributed by atoms with van der Waals surface area (Å²) < 4.78 is 25.5. The number of benzene rings is 2. The number of carbonyl (C=O) groups is 6. The first-order valence-corrected chi connectivity index (χ1v) is 22.4. The molecule has 1 N–H and O–H groups in total. The van der Waals surface area contributed by atoms with Crippen LogP contribution in [0.15, 0.2) is 60.8 Å². The Morgan fingerprint density at radius 3 is 1.52 bits per heavy atom. The fraction of sp³-hybridized carbons (Fsp3) is 0.532. The van der Waals surface area contributed by atoms with E-state index < -0.39 is 24.5 Å². The molecule has 0 bridgehead atoms. The Morgan fingerprint density at radius 1 is 0.597 bits per heavy atom. The first kappa shape index (κ1) is 44.4. The molecular weight excluding hydrogens is 795 g/mol. The zero-order valence-corrected chi connectivity index (χ0v) is 35.3. The number of aromatic nitrogens is 2. The van der Waals surface area contributed by atoms with E-state index in [1.165, 1.54) is 15.9 Å². The van der Waals surface area contributed by atoms with E-state index in [9.17, 15) is 28.8 Å². The average molecular weight is 852 g/mol. The van der Waals surface area contributed by atoms with Crippen molar-refractivity contribution in [2.45, 2.75) is 140 Å². The highest BCUT2D eigenvalue weighted by atomic mass is 16.7. The zero-order chi connectivity index (χ0) is 43.4. The van der Waals surface area contributed by atoms with E-state index in [0.29, 0.717) is 48.2 Å². The minimum atomic E-state index is -0.830. The van der Waals surface area contributed by atoms with Crippen LogP contribution < -0.4 is 10.2 Å². The number of amides is 4. The lowest BCUT2D eigenvalue weighted by Gasteiger charge is -2.22. The Labute approximate surface area is 361 Å². The molecule has 2 aromatic carbocycles. The maximum Gasteiger partial charge on any atom is 0.306 e. The molecule has 4 amide bonds. The van der Waals surface area contributed by atoms with Crippen LogP contribution >= 0.6 is 0 Å². The van der Waals surface area contributed by atoms with Crippen molar-refractivity contribution in [3.05, 3.63) is 88.5 Å². The first-order valence-electron chi connectivity index (χ1n) is 22.4. The van der Waals surface area contributed by atoms with E-state index in [1.54, 1.807) is 59.3 Å². The topological polar surface area (TPSA) is 187 Å². The second-order valence-electron chi connectivity index (χ2n) is 16.6. The summed E-state index contributed by atoms with van der Waals surface area (Å²) >= 11 is 0. The van der Waals surface area contributed by atoms with Crippen LogP contribution in [-0.4, -0.2) is 92.9 Å². The molecule has 3 aromatic rings. The minimum Gasteiger partial charge on any atom is -0.463 e. The van der Waals surface area contributed by atoms with Crippen LogP contribution in [-0.2, 0) is 23.8 Å². The van der Waals surface area contributed by atoms with Gasteiger partial charge in [-0.05, 0) is 56.0 Å². The molecule has 4 aliphatic heterocycles. The molecule has 0 spiro atoms. The first-order chi connectivity index (χ1) is 30.2. The van der Waals surface area contributed by atoms with Crippen molar-refractivity contribution in [1.82, 2.24) is 19.4 Å². The normalized spacial score (nSPS) is 19.7. The summed E-state index contributed by atoms with van der Waals surface area (Å²) in [7, 11) is 0. The smallest absolute Gasteiger partial charge is 0.306 e. The zero-order valence-electron chi connectivity index (χ0n) is 35.3. The second-order valence-corrected chi connectivity index (χ2v) is 16.6. The molecular formula is C47H57N5O10. The highest BCUT2D eigenvalue weighted by molar-refractivity contribution is 6.22. The molecule has 15 nitrogen and oxygen atoms in total. The van der Waals surface area contributed by atoms with Crippen LogP contribution in [0.3, 0.4) is 0 Å². The van der Waals surface area contributed by atoms with E-state index in [0.717, 1.165) is 89.9 Å². The largest absolute Gasteiger partial charge is 0.463 e. The maximum atomic E-state index is 13.1. The molecule has 1 aromatic heterocycles. The Kier molecular flexibility index (Phi) is 15.3. The van der Waals surface area contributed by atoms with Crippen molar-refractivity contribution >= 4 is 35.6 Å².